The van der Waals surface area contributed by atoms with Crippen molar-refractivity contribution in [2.24, 2.45) is 0 Å². The second-order valence-electron chi connectivity index (χ2n) is 2.26. The monoisotopic (exact) mass is 200 g/mol. The number of hydrogen-bond acceptors (Lipinski definition) is 4. The van der Waals surface area contributed by atoms with E-state index in [0.29, 0.717) is 11.6 Å². The molecule has 0 aliphatic carbocycles. The maximum Gasteiger partial charge on any atom is 0.169 e. The molecule has 3 nitrogen and oxygen atoms in total. The van der Waals surface area contributed by atoms with Gasteiger partial charge in [-0.05, 0) is 6.07 Å². The number of halogens is 1. The van der Waals surface area contributed by atoms with Crippen LogP contribution in [-0.2, 0) is 0 Å². The zero-order valence-electron chi connectivity index (χ0n) is 5.95. The van der Waals surface area contributed by atoms with E-state index >= 15 is 0 Å². The summed E-state index contributed by atoms with van der Waals surface area (Å²) in [6.07, 6.45) is 0. The molecule has 0 saturated heterocycles. The molecule has 0 aromatic carbocycles. The minimum Gasteiger partial charge on any atom is -0.381 e. The number of anilines is 1. The average molecular weight is 201 g/mol. The molecule has 0 bridgehead atoms. The lowest BCUT2D eigenvalue weighted by Crippen LogP contribution is -1.79. The zero-order valence-corrected chi connectivity index (χ0v) is 7.52. The molecule has 0 aliphatic rings. The second kappa shape index (κ2) is 2.80. The highest BCUT2D eigenvalue weighted by Gasteiger charge is 2.05. The first-order chi connectivity index (χ1) is 5.75. The lowest BCUT2D eigenvalue weighted by Gasteiger charge is -1.83. The van der Waals surface area contributed by atoms with E-state index in [4.69, 9.17) is 21.9 Å². The van der Waals surface area contributed by atoms with Crippen LogP contribution in [0.1, 0.15) is 0 Å². The fourth-order valence-electron chi connectivity index (χ4n) is 0.864. The Morgan fingerprint density at radius 3 is 2.83 bits per heavy atom. The Kier molecular flexibility index (Phi) is 1.78. The topological polar surface area (TPSA) is 52.0 Å². The molecule has 12 heavy (non-hydrogen) atoms. The van der Waals surface area contributed by atoms with Crippen molar-refractivity contribution in [2.45, 2.75) is 0 Å². The molecule has 5 heteroatoms. The third kappa shape index (κ3) is 1.31. The van der Waals surface area contributed by atoms with Crippen LogP contribution in [0.25, 0.3) is 11.3 Å². The van der Waals surface area contributed by atoms with Crippen molar-refractivity contribution < 1.29 is 4.52 Å². The first-order valence-corrected chi connectivity index (χ1v) is 4.48. The first-order valence-electron chi connectivity index (χ1n) is 3.22. The number of aromatic nitrogens is 1. The van der Waals surface area contributed by atoms with Gasteiger partial charge in [-0.15, -0.1) is 11.3 Å². The van der Waals surface area contributed by atoms with Gasteiger partial charge in [-0.3, -0.25) is 0 Å². The molecule has 2 aromatic rings. The fraction of sp³-hybridized carbons (Fsp3) is 0. The van der Waals surface area contributed by atoms with Gasteiger partial charge in [-0.25, -0.2) is 0 Å². The maximum atomic E-state index is 5.74. The molecular weight excluding hydrogens is 196 g/mol. The number of hydrogen-bond donors (Lipinski definition) is 1. The number of thiophene rings is 1. The fourth-order valence-corrected chi connectivity index (χ4v) is 1.73. The summed E-state index contributed by atoms with van der Waals surface area (Å²) in [6, 6.07) is 3.48. The van der Waals surface area contributed by atoms with Gasteiger partial charge in [0.1, 0.15) is 0 Å². The van der Waals surface area contributed by atoms with E-state index in [2.05, 4.69) is 5.16 Å². The smallest absolute Gasteiger partial charge is 0.169 e. The van der Waals surface area contributed by atoms with Crippen LogP contribution in [0.2, 0.25) is 4.34 Å². The number of nitrogen functional groups attached to an aromatic ring is 1. The Morgan fingerprint density at radius 2 is 2.33 bits per heavy atom. The molecule has 0 fully saturated rings. The summed E-state index contributed by atoms with van der Waals surface area (Å²) >= 11 is 7.19. The maximum absolute atomic E-state index is 5.74. The zero-order chi connectivity index (χ0) is 8.55. The van der Waals surface area contributed by atoms with Crippen molar-refractivity contribution in [3.05, 3.63) is 21.8 Å². The highest BCUT2D eigenvalue weighted by Crippen LogP contribution is 2.29. The van der Waals surface area contributed by atoms with E-state index in [1.54, 1.807) is 6.07 Å². The Bertz CT molecular complexity index is 357. The summed E-state index contributed by atoms with van der Waals surface area (Å²) < 4.78 is 5.66. The Balaban J connectivity index is 2.43. The minimum absolute atomic E-state index is 0.382. The Hall–Kier alpha value is -1.00. The molecule has 0 radical (unpaired) electrons. The lowest BCUT2D eigenvalue weighted by molar-refractivity contribution is 0.436. The summed E-state index contributed by atoms with van der Waals surface area (Å²) in [6.45, 7) is 0. The van der Waals surface area contributed by atoms with E-state index in [1.165, 1.54) is 11.3 Å². The van der Waals surface area contributed by atoms with Crippen molar-refractivity contribution >= 4 is 28.8 Å². The van der Waals surface area contributed by atoms with E-state index in [-0.39, 0.29) is 0 Å². The van der Waals surface area contributed by atoms with E-state index in [1.807, 2.05) is 11.4 Å². The molecule has 0 saturated carbocycles. The molecule has 0 unspecified atom stereocenters. The lowest BCUT2D eigenvalue weighted by atomic mass is 10.3. The summed E-state index contributed by atoms with van der Waals surface area (Å²) in [5, 5.41) is 5.46. The molecule has 2 aromatic heterocycles. The SMILES string of the molecule is Nc1cc(-c2csc(Cl)c2)on1. The van der Waals surface area contributed by atoms with Gasteiger partial charge in [0.15, 0.2) is 11.6 Å². The predicted octanol–water partition coefficient (Wildman–Crippen LogP) is 2.64. The van der Waals surface area contributed by atoms with Gasteiger partial charge in [0.25, 0.3) is 0 Å². The van der Waals surface area contributed by atoms with E-state index in [9.17, 15) is 0 Å². The van der Waals surface area contributed by atoms with Crippen LogP contribution >= 0.6 is 22.9 Å². The van der Waals surface area contributed by atoms with Gasteiger partial charge in [0.2, 0.25) is 0 Å². The number of nitrogens with two attached hydrogens (primary N) is 1. The predicted molar refractivity (Wildman–Crippen MR) is 49.2 cm³/mol. The summed E-state index contributed by atoms with van der Waals surface area (Å²) in [7, 11) is 0. The van der Waals surface area contributed by atoms with Gasteiger partial charge >= 0.3 is 0 Å². The van der Waals surface area contributed by atoms with Gasteiger partial charge in [0, 0.05) is 17.0 Å². The molecule has 0 atom stereocenters. The summed E-state index contributed by atoms with van der Waals surface area (Å²) in [5.41, 5.74) is 6.30. The average Bonchev–Trinajstić information content (AvgIpc) is 2.58. The van der Waals surface area contributed by atoms with Gasteiger partial charge in [0.05, 0.1) is 4.34 Å². The van der Waals surface area contributed by atoms with Crippen molar-refractivity contribution in [1.29, 1.82) is 0 Å². The van der Waals surface area contributed by atoms with Crippen molar-refractivity contribution in [3.8, 4) is 11.3 Å². The van der Waals surface area contributed by atoms with Crippen LogP contribution in [0.5, 0.6) is 0 Å². The van der Waals surface area contributed by atoms with Gasteiger partial charge in [-0.1, -0.05) is 16.8 Å². The van der Waals surface area contributed by atoms with Crippen molar-refractivity contribution in [1.82, 2.24) is 5.16 Å². The summed E-state index contributed by atoms with van der Waals surface area (Å²) in [5.74, 6) is 1.03. The minimum atomic E-state index is 0.382. The molecule has 2 rings (SSSR count). The first kappa shape index (κ1) is 7.64. The van der Waals surface area contributed by atoms with Crippen molar-refractivity contribution in [2.75, 3.05) is 5.73 Å². The summed E-state index contributed by atoms with van der Waals surface area (Å²) in [4.78, 5) is 0. The quantitative estimate of drug-likeness (QED) is 0.770. The van der Waals surface area contributed by atoms with Crippen LogP contribution < -0.4 is 5.73 Å². The van der Waals surface area contributed by atoms with Crippen LogP contribution in [-0.4, -0.2) is 5.16 Å². The molecule has 0 spiro atoms. The van der Waals surface area contributed by atoms with Gasteiger partial charge < -0.3 is 10.3 Å². The Morgan fingerprint density at radius 1 is 1.50 bits per heavy atom. The van der Waals surface area contributed by atoms with Crippen molar-refractivity contribution in [3.63, 3.8) is 0 Å². The normalized spacial score (nSPS) is 10.4. The van der Waals surface area contributed by atoms with Crippen LogP contribution in [0.3, 0.4) is 0 Å². The number of nitrogens with zero attached hydrogens (tertiary/aromatic N) is 1. The molecular formula is C7H5ClN2OS. The van der Waals surface area contributed by atoms with E-state index < -0.39 is 0 Å². The molecule has 2 N–H and O–H groups in total. The third-order valence-corrected chi connectivity index (χ3v) is 2.47. The highest BCUT2D eigenvalue weighted by molar-refractivity contribution is 7.14. The second-order valence-corrected chi connectivity index (χ2v) is 3.80. The van der Waals surface area contributed by atoms with Crippen LogP contribution in [0, 0.1) is 0 Å². The largest absolute Gasteiger partial charge is 0.381 e. The highest BCUT2D eigenvalue weighted by atomic mass is 35.5. The molecule has 62 valence electrons. The van der Waals surface area contributed by atoms with Crippen LogP contribution in [0.15, 0.2) is 22.0 Å². The molecule has 0 amide bonds. The third-order valence-electron chi connectivity index (χ3n) is 1.38. The van der Waals surface area contributed by atoms with Crippen LogP contribution in [0.4, 0.5) is 5.82 Å². The molecule has 2 heterocycles. The van der Waals surface area contributed by atoms with E-state index in [0.717, 1.165) is 9.90 Å². The molecule has 0 aliphatic heterocycles. The number of rotatable bonds is 1. The van der Waals surface area contributed by atoms with Gasteiger partial charge in [-0.2, -0.15) is 0 Å². The Labute approximate surface area is 77.7 Å². The standard InChI is InChI=1S/C7H5ClN2OS/c8-6-1-4(3-12-6)5-2-7(9)10-11-5/h1-3H,(H2,9,10).